The van der Waals surface area contributed by atoms with E-state index in [0.29, 0.717) is 5.54 Å². The smallest absolute Gasteiger partial charge is 0.0330 e. The SMILES string of the molecule is CCC1(CC)NC1C. The van der Waals surface area contributed by atoms with E-state index in [0.717, 1.165) is 6.04 Å². The highest BCUT2D eigenvalue weighted by molar-refractivity contribution is 5.09. The van der Waals surface area contributed by atoms with E-state index in [1.54, 1.807) is 0 Å². The molecule has 0 bridgehead atoms. The van der Waals surface area contributed by atoms with Crippen molar-refractivity contribution < 1.29 is 0 Å². The Hall–Kier alpha value is -0.0400. The molecule has 1 N–H and O–H groups in total. The first-order valence-corrected chi connectivity index (χ1v) is 3.53. The minimum absolute atomic E-state index is 0.542. The fraction of sp³-hybridized carbons (Fsp3) is 1.00. The summed E-state index contributed by atoms with van der Waals surface area (Å²) in [5.74, 6) is 0. The summed E-state index contributed by atoms with van der Waals surface area (Å²) in [6.07, 6.45) is 2.56. The van der Waals surface area contributed by atoms with Crippen LogP contribution in [0.2, 0.25) is 0 Å². The molecule has 8 heavy (non-hydrogen) atoms. The van der Waals surface area contributed by atoms with Crippen molar-refractivity contribution in [2.24, 2.45) is 0 Å². The largest absolute Gasteiger partial charge is 0.305 e. The zero-order valence-electron chi connectivity index (χ0n) is 5.99. The van der Waals surface area contributed by atoms with Crippen LogP contribution in [0.5, 0.6) is 0 Å². The molecule has 0 saturated carbocycles. The Labute approximate surface area is 51.5 Å². The van der Waals surface area contributed by atoms with Crippen molar-refractivity contribution in [1.82, 2.24) is 5.32 Å². The first kappa shape index (κ1) is 6.09. The molecule has 1 unspecified atom stereocenters. The third kappa shape index (κ3) is 0.655. The van der Waals surface area contributed by atoms with E-state index in [-0.39, 0.29) is 0 Å². The quantitative estimate of drug-likeness (QED) is 0.539. The van der Waals surface area contributed by atoms with Gasteiger partial charge in [-0.3, -0.25) is 0 Å². The molecular formula is C7H15N. The summed E-state index contributed by atoms with van der Waals surface area (Å²) in [4.78, 5) is 0. The van der Waals surface area contributed by atoms with E-state index >= 15 is 0 Å². The van der Waals surface area contributed by atoms with E-state index in [1.807, 2.05) is 0 Å². The van der Waals surface area contributed by atoms with Crippen LogP contribution in [0.15, 0.2) is 0 Å². The van der Waals surface area contributed by atoms with E-state index in [4.69, 9.17) is 0 Å². The minimum Gasteiger partial charge on any atom is -0.305 e. The molecule has 0 radical (unpaired) electrons. The van der Waals surface area contributed by atoms with Gasteiger partial charge in [0, 0.05) is 11.6 Å². The van der Waals surface area contributed by atoms with Crippen LogP contribution in [-0.2, 0) is 0 Å². The van der Waals surface area contributed by atoms with Gasteiger partial charge in [-0.2, -0.15) is 0 Å². The van der Waals surface area contributed by atoms with Crippen LogP contribution in [-0.4, -0.2) is 11.6 Å². The Morgan fingerprint density at radius 1 is 1.38 bits per heavy atom. The summed E-state index contributed by atoms with van der Waals surface area (Å²) < 4.78 is 0. The molecule has 0 amide bonds. The molecule has 1 saturated heterocycles. The molecule has 1 heterocycles. The molecule has 0 aromatic rings. The lowest BCUT2D eigenvalue weighted by molar-refractivity contribution is 0.565. The second-order valence-electron chi connectivity index (χ2n) is 2.73. The lowest BCUT2D eigenvalue weighted by Crippen LogP contribution is -2.12. The average Bonchev–Trinajstić information content (AvgIpc) is 2.43. The van der Waals surface area contributed by atoms with E-state index in [9.17, 15) is 0 Å². The second-order valence-corrected chi connectivity index (χ2v) is 2.73. The topological polar surface area (TPSA) is 21.9 Å². The Morgan fingerprint density at radius 3 is 1.75 bits per heavy atom. The van der Waals surface area contributed by atoms with Crippen LogP contribution in [0.25, 0.3) is 0 Å². The van der Waals surface area contributed by atoms with Crippen LogP contribution in [0.1, 0.15) is 33.6 Å². The zero-order valence-corrected chi connectivity index (χ0v) is 5.99. The first-order chi connectivity index (χ1) is 3.75. The zero-order chi connectivity index (χ0) is 6.20. The van der Waals surface area contributed by atoms with E-state index < -0.39 is 0 Å². The Kier molecular flexibility index (Phi) is 1.31. The fourth-order valence-corrected chi connectivity index (χ4v) is 1.46. The molecule has 0 aromatic carbocycles. The van der Waals surface area contributed by atoms with Gasteiger partial charge in [-0.05, 0) is 19.8 Å². The molecule has 1 nitrogen and oxygen atoms in total. The lowest BCUT2D eigenvalue weighted by atomic mass is 10.00. The molecule has 1 atom stereocenters. The Morgan fingerprint density at radius 2 is 1.75 bits per heavy atom. The molecule has 0 spiro atoms. The van der Waals surface area contributed by atoms with Crippen molar-refractivity contribution in [3.8, 4) is 0 Å². The molecule has 1 fully saturated rings. The van der Waals surface area contributed by atoms with Gasteiger partial charge in [-0.1, -0.05) is 13.8 Å². The van der Waals surface area contributed by atoms with Crippen molar-refractivity contribution >= 4 is 0 Å². The van der Waals surface area contributed by atoms with E-state index in [2.05, 4.69) is 26.1 Å². The summed E-state index contributed by atoms with van der Waals surface area (Å²) >= 11 is 0. The standard InChI is InChI=1S/C7H15N/c1-4-7(5-2)6(3)8-7/h6,8H,4-5H2,1-3H3. The van der Waals surface area contributed by atoms with Crippen molar-refractivity contribution in [3.05, 3.63) is 0 Å². The minimum atomic E-state index is 0.542. The van der Waals surface area contributed by atoms with Gasteiger partial charge < -0.3 is 5.32 Å². The van der Waals surface area contributed by atoms with Crippen molar-refractivity contribution in [3.63, 3.8) is 0 Å². The molecular weight excluding hydrogens is 98.1 g/mol. The molecule has 1 rings (SSSR count). The monoisotopic (exact) mass is 113 g/mol. The van der Waals surface area contributed by atoms with Crippen LogP contribution in [0.4, 0.5) is 0 Å². The summed E-state index contributed by atoms with van der Waals surface area (Å²) in [6, 6.07) is 0.775. The lowest BCUT2D eigenvalue weighted by Gasteiger charge is -2.05. The number of hydrogen-bond donors (Lipinski definition) is 1. The highest BCUT2D eigenvalue weighted by atomic mass is 15.2. The second kappa shape index (κ2) is 1.73. The summed E-state index contributed by atoms with van der Waals surface area (Å²) in [7, 11) is 0. The van der Waals surface area contributed by atoms with Gasteiger partial charge in [-0.25, -0.2) is 0 Å². The summed E-state index contributed by atoms with van der Waals surface area (Å²) in [6.45, 7) is 6.76. The van der Waals surface area contributed by atoms with Gasteiger partial charge in [0.15, 0.2) is 0 Å². The highest BCUT2D eigenvalue weighted by Gasteiger charge is 2.46. The molecule has 1 aliphatic rings. The molecule has 1 aliphatic heterocycles. The third-order valence-corrected chi connectivity index (χ3v) is 2.51. The summed E-state index contributed by atoms with van der Waals surface area (Å²) in [5.41, 5.74) is 0.542. The number of nitrogens with one attached hydrogen (secondary N) is 1. The Bertz CT molecular complexity index is 78.9. The van der Waals surface area contributed by atoms with Crippen LogP contribution >= 0.6 is 0 Å². The first-order valence-electron chi connectivity index (χ1n) is 3.53. The van der Waals surface area contributed by atoms with Crippen LogP contribution in [0.3, 0.4) is 0 Å². The molecule has 0 aliphatic carbocycles. The van der Waals surface area contributed by atoms with Crippen molar-refractivity contribution in [2.45, 2.75) is 45.2 Å². The van der Waals surface area contributed by atoms with Gasteiger partial charge in [-0.15, -0.1) is 0 Å². The van der Waals surface area contributed by atoms with Gasteiger partial charge in [0.05, 0.1) is 0 Å². The number of hydrogen-bond acceptors (Lipinski definition) is 1. The van der Waals surface area contributed by atoms with Crippen LogP contribution in [0, 0.1) is 0 Å². The highest BCUT2D eigenvalue weighted by Crippen LogP contribution is 2.32. The molecule has 1 heteroatoms. The maximum Gasteiger partial charge on any atom is 0.0330 e. The van der Waals surface area contributed by atoms with Gasteiger partial charge in [0.1, 0.15) is 0 Å². The normalized spacial score (nSPS) is 32.6. The molecule has 0 aromatic heterocycles. The van der Waals surface area contributed by atoms with Crippen LogP contribution < -0.4 is 5.32 Å². The van der Waals surface area contributed by atoms with Crippen molar-refractivity contribution in [2.75, 3.05) is 0 Å². The maximum absolute atomic E-state index is 3.44. The summed E-state index contributed by atoms with van der Waals surface area (Å²) in [5, 5.41) is 3.44. The van der Waals surface area contributed by atoms with Gasteiger partial charge in [0.2, 0.25) is 0 Å². The Balaban J connectivity index is 2.39. The van der Waals surface area contributed by atoms with Gasteiger partial charge in [0.25, 0.3) is 0 Å². The number of rotatable bonds is 2. The molecule has 48 valence electrons. The predicted octanol–water partition coefficient (Wildman–Crippen LogP) is 1.54. The maximum atomic E-state index is 3.44. The van der Waals surface area contributed by atoms with Crippen molar-refractivity contribution in [1.29, 1.82) is 0 Å². The average molecular weight is 113 g/mol. The predicted molar refractivity (Wildman–Crippen MR) is 35.9 cm³/mol. The third-order valence-electron chi connectivity index (χ3n) is 2.51. The fourth-order valence-electron chi connectivity index (χ4n) is 1.46. The van der Waals surface area contributed by atoms with E-state index in [1.165, 1.54) is 12.8 Å². The van der Waals surface area contributed by atoms with Gasteiger partial charge >= 0.3 is 0 Å².